The maximum absolute atomic E-state index is 13.4. The van der Waals surface area contributed by atoms with Crippen LogP contribution < -0.4 is 10.2 Å². The molecule has 2 amide bonds. The zero-order chi connectivity index (χ0) is 20.2. The summed E-state index contributed by atoms with van der Waals surface area (Å²) in [5, 5.41) is 3.28. The molecule has 0 atom stereocenters. The Morgan fingerprint density at radius 2 is 1.76 bits per heavy atom. The number of carbonyl (C=O) groups is 2. The monoisotopic (exact) mass is 394 g/mol. The zero-order valence-corrected chi connectivity index (χ0v) is 17.9. The second-order valence-corrected chi connectivity index (χ2v) is 10.7. The lowest BCUT2D eigenvalue weighted by molar-refractivity contribution is -0.140. The normalized spacial score (nSPS) is 32.6. The molecule has 4 saturated carbocycles. The van der Waals surface area contributed by atoms with E-state index in [2.05, 4.69) is 25.2 Å². The van der Waals surface area contributed by atoms with Gasteiger partial charge >= 0.3 is 0 Å². The van der Waals surface area contributed by atoms with Crippen molar-refractivity contribution in [3.05, 3.63) is 23.8 Å². The molecule has 156 valence electrons. The quantitative estimate of drug-likeness (QED) is 0.749. The third kappa shape index (κ3) is 3.49. The van der Waals surface area contributed by atoms with Gasteiger partial charge < -0.3 is 10.2 Å². The largest absolute Gasteiger partial charge is 0.326 e. The van der Waals surface area contributed by atoms with Gasteiger partial charge in [0.15, 0.2) is 0 Å². The Labute approximate surface area is 174 Å². The Bertz CT molecular complexity index is 793. The summed E-state index contributed by atoms with van der Waals surface area (Å²) < 4.78 is 0. The van der Waals surface area contributed by atoms with E-state index in [9.17, 15) is 9.59 Å². The van der Waals surface area contributed by atoms with Crippen LogP contribution >= 0.6 is 0 Å². The minimum atomic E-state index is -0.121. The number of nitrogens with zero attached hydrogens (tertiary/aromatic N) is 1. The number of hydrogen-bond donors (Lipinski definition) is 1. The van der Waals surface area contributed by atoms with Crippen molar-refractivity contribution in [2.45, 2.75) is 71.6 Å². The third-order valence-electron chi connectivity index (χ3n) is 7.99. The number of fused-ring (bicyclic) bond motifs is 1. The Hall–Kier alpha value is -1.84. The molecular formula is C25H34N2O2. The van der Waals surface area contributed by atoms with E-state index in [1.807, 2.05) is 17.0 Å². The highest BCUT2D eigenvalue weighted by molar-refractivity contribution is 5.98. The summed E-state index contributed by atoms with van der Waals surface area (Å²) in [6, 6.07) is 6.16. The van der Waals surface area contributed by atoms with Gasteiger partial charge in [-0.2, -0.15) is 0 Å². The molecule has 0 unspecified atom stereocenters. The van der Waals surface area contributed by atoms with Crippen LogP contribution in [0.2, 0.25) is 0 Å². The minimum absolute atomic E-state index is 0.121. The van der Waals surface area contributed by atoms with Gasteiger partial charge in [-0.05, 0) is 98.8 Å². The van der Waals surface area contributed by atoms with Gasteiger partial charge in [0.1, 0.15) is 0 Å². The van der Waals surface area contributed by atoms with Crippen molar-refractivity contribution in [1.82, 2.24) is 0 Å². The number of anilines is 2. The summed E-state index contributed by atoms with van der Waals surface area (Å²) >= 11 is 0. The molecule has 4 aliphatic carbocycles. The van der Waals surface area contributed by atoms with Crippen LogP contribution in [0.15, 0.2) is 18.2 Å². The highest BCUT2D eigenvalue weighted by atomic mass is 16.2. The van der Waals surface area contributed by atoms with E-state index in [-0.39, 0.29) is 17.2 Å². The fourth-order valence-electron chi connectivity index (χ4n) is 6.92. The fraction of sp³-hybridized carbons (Fsp3) is 0.680. The van der Waals surface area contributed by atoms with Crippen LogP contribution in [0.4, 0.5) is 11.4 Å². The summed E-state index contributed by atoms with van der Waals surface area (Å²) in [7, 11) is 0. The molecule has 4 heteroatoms. The van der Waals surface area contributed by atoms with E-state index in [0.717, 1.165) is 67.8 Å². The lowest BCUT2D eigenvalue weighted by atomic mass is 9.49. The zero-order valence-electron chi connectivity index (χ0n) is 17.9. The lowest BCUT2D eigenvalue weighted by Crippen LogP contribution is -2.51. The van der Waals surface area contributed by atoms with Gasteiger partial charge in [0.25, 0.3) is 0 Å². The lowest BCUT2D eigenvalue weighted by Gasteiger charge is -2.55. The predicted molar refractivity (Wildman–Crippen MR) is 116 cm³/mol. The number of aryl methyl sites for hydroxylation is 1. The number of carbonyl (C=O) groups excluding carboxylic acids is 2. The van der Waals surface area contributed by atoms with Crippen LogP contribution in [-0.4, -0.2) is 18.4 Å². The highest BCUT2D eigenvalue weighted by Gasteiger charge is 2.54. The van der Waals surface area contributed by atoms with Crippen molar-refractivity contribution < 1.29 is 9.59 Å². The van der Waals surface area contributed by atoms with Crippen molar-refractivity contribution in [2.75, 3.05) is 16.8 Å². The molecular weight excluding hydrogens is 360 g/mol. The van der Waals surface area contributed by atoms with Crippen LogP contribution in [0.25, 0.3) is 0 Å². The van der Waals surface area contributed by atoms with Crippen LogP contribution in [0.5, 0.6) is 0 Å². The Morgan fingerprint density at radius 3 is 2.38 bits per heavy atom. The van der Waals surface area contributed by atoms with E-state index >= 15 is 0 Å². The minimum Gasteiger partial charge on any atom is -0.326 e. The molecule has 29 heavy (non-hydrogen) atoms. The SMILES string of the molecule is CC(C)CCN1C(=O)CCc2cc(NC(=O)C34CC5CC(CC(C5)C3)C4)ccc21. The van der Waals surface area contributed by atoms with E-state index in [1.54, 1.807) is 0 Å². The summed E-state index contributed by atoms with van der Waals surface area (Å²) in [6.07, 6.45) is 9.68. The van der Waals surface area contributed by atoms with E-state index in [1.165, 1.54) is 24.8 Å². The van der Waals surface area contributed by atoms with Crippen molar-refractivity contribution in [1.29, 1.82) is 0 Å². The van der Waals surface area contributed by atoms with Gasteiger partial charge in [-0.1, -0.05) is 13.8 Å². The average molecular weight is 395 g/mol. The summed E-state index contributed by atoms with van der Waals surface area (Å²) in [4.78, 5) is 27.7. The molecule has 1 aromatic carbocycles. The number of rotatable bonds is 5. The van der Waals surface area contributed by atoms with Gasteiger partial charge in [-0.25, -0.2) is 0 Å². The number of benzene rings is 1. The molecule has 4 fully saturated rings. The second-order valence-electron chi connectivity index (χ2n) is 10.7. The third-order valence-corrected chi connectivity index (χ3v) is 7.99. The molecule has 1 aliphatic heterocycles. The summed E-state index contributed by atoms with van der Waals surface area (Å²) in [5.74, 6) is 3.37. The Morgan fingerprint density at radius 1 is 1.10 bits per heavy atom. The van der Waals surface area contributed by atoms with E-state index in [0.29, 0.717) is 12.3 Å². The maximum Gasteiger partial charge on any atom is 0.230 e. The Balaban J connectivity index is 1.33. The molecule has 0 aromatic heterocycles. The summed E-state index contributed by atoms with van der Waals surface area (Å²) in [6.45, 7) is 5.17. The first-order valence-electron chi connectivity index (χ1n) is 11.7. The van der Waals surface area contributed by atoms with Crippen molar-refractivity contribution in [2.24, 2.45) is 29.1 Å². The topological polar surface area (TPSA) is 49.4 Å². The van der Waals surface area contributed by atoms with Crippen molar-refractivity contribution in [3.63, 3.8) is 0 Å². The molecule has 0 radical (unpaired) electrons. The Kier molecular flexibility index (Phi) is 4.71. The van der Waals surface area contributed by atoms with Crippen molar-refractivity contribution >= 4 is 23.2 Å². The van der Waals surface area contributed by atoms with Gasteiger partial charge in [0.05, 0.1) is 5.41 Å². The fourth-order valence-corrected chi connectivity index (χ4v) is 6.92. The first kappa shape index (κ1) is 19.1. The van der Waals surface area contributed by atoms with Gasteiger partial charge in [-0.3, -0.25) is 9.59 Å². The molecule has 5 aliphatic rings. The first-order valence-corrected chi connectivity index (χ1v) is 11.7. The van der Waals surface area contributed by atoms with E-state index in [4.69, 9.17) is 0 Å². The number of nitrogens with one attached hydrogen (secondary N) is 1. The predicted octanol–water partition coefficient (Wildman–Crippen LogP) is 5.17. The van der Waals surface area contributed by atoms with Gasteiger partial charge in [-0.15, -0.1) is 0 Å². The van der Waals surface area contributed by atoms with E-state index < -0.39 is 0 Å². The van der Waals surface area contributed by atoms with Crippen molar-refractivity contribution in [3.8, 4) is 0 Å². The average Bonchev–Trinajstić information content (AvgIpc) is 2.66. The smallest absolute Gasteiger partial charge is 0.230 e. The molecule has 4 nitrogen and oxygen atoms in total. The van der Waals surface area contributed by atoms with Crippen LogP contribution in [0.3, 0.4) is 0 Å². The number of hydrogen-bond acceptors (Lipinski definition) is 2. The molecule has 1 aromatic rings. The maximum atomic E-state index is 13.4. The molecule has 1 heterocycles. The van der Waals surface area contributed by atoms with Crippen LogP contribution in [0, 0.1) is 29.1 Å². The molecule has 6 rings (SSSR count). The summed E-state index contributed by atoms with van der Waals surface area (Å²) in [5.41, 5.74) is 3.01. The second kappa shape index (κ2) is 7.14. The molecule has 4 bridgehead atoms. The van der Waals surface area contributed by atoms with Gasteiger partial charge in [0, 0.05) is 24.3 Å². The van der Waals surface area contributed by atoms with Crippen LogP contribution in [0.1, 0.15) is 70.8 Å². The molecule has 1 N–H and O–H groups in total. The standard InChI is InChI=1S/C25H34N2O2/c1-16(2)7-8-27-22-5-4-21(12-20(22)3-6-23(27)28)26-24(29)25-13-17-9-18(14-25)11-19(10-17)15-25/h4-5,12,16-19H,3,6-11,13-15H2,1-2H3,(H,26,29). The molecule has 0 saturated heterocycles. The highest BCUT2D eigenvalue weighted by Crippen LogP contribution is 2.60. The number of amides is 2. The molecule has 0 spiro atoms. The first-order chi connectivity index (χ1) is 13.9. The van der Waals surface area contributed by atoms with Crippen LogP contribution in [-0.2, 0) is 16.0 Å². The van der Waals surface area contributed by atoms with Gasteiger partial charge in [0.2, 0.25) is 11.8 Å².